The predicted molar refractivity (Wildman–Crippen MR) is 269 cm³/mol. The average Bonchev–Trinajstić information content (AvgIpc) is 3.33. The van der Waals surface area contributed by atoms with E-state index in [9.17, 15) is 0 Å². The number of benzene rings is 10. The topological polar surface area (TPSA) is 21.7 Å². The summed E-state index contributed by atoms with van der Waals surface area (Å²) in [5.41, 5.74) is 14.7. The van der Waals surface area contributed by atoms with Crippen LogP contribution in [0, 0.1) is 0 Å². The summed E-state index contributed by atoms with van der Waals surface area (Å²) in [6.07, 6.45) is 0. The van der Waals surface area contributed by atoms with Crippen LogP contribution in [0.4, 0.5) is 17.1 Å². The van der Waals surface area contributed by atoms with Crippen LogP contribution in [0.3, 0.4) is 0 Å². The molecule has 304 valence electrons. The van der Waals surface area contributed by atoms with Crippen LogP contribution < -0.4 is 30.8 Å². The second-order valence-corrected chi connectivity index (χ2v) is 18.0. The lowest BCUT2D eigenvalue weighted by atomic mass is 9.35. The number of anilines is 3. The third-order valence-corrected chi connectivity index (χ3v) is 13.1. The van der Waals surface area contributed by atoms with Crippen LogP contribution in [0.25, 0.3) is 54.9 Å². The van der Waals surface area contributed by atoms with Gasteiger partial charge in [0.05, 0.1) is 0 Å². The summed E-state index contributed by atoms with van der Waals surface area (Å²) >= 11 is 0. The van der Waals surface area contributed by atoms with Gasteiger partial charge in [-0.05, 0) is 131 Å². The lowest BCUT2D eigenvalue weighted by molar-refractivity contribution is 0.465. The van der Waals surface area contributed by atoms with E-state index >= 15 is 0 Å². The van der Waals surface area contributed by atoms with Gasteiger partial charge in [-0.1, -0.05) is 172 Å². The smallest absolute Gasteiger partial charge is 0.260 e. The molecule has 0 unspecified atom stereocenters. The maximum absolute atomic E-state index is 7.14. The fourth-order valence-corrected chi connectivity index (χ4v) is 10.1. The molecular formula is C60H44BNO2. The summed E-state index contributed by atoms with van der Waals surface area (Å²) in [6.45, 7) is 6.86. The quantitative estimate of drug-likeness (QED) is 0.123. The van der Waals surface area contributed by atoms with Gasteiger partial charge in [0.15, 0.2) is 0 Å². The van der Waals surface area contributed by atoms with Crippen molar-refractivity contribution >= 4 is 61.7 Å². The molecule has 0 aromatic heterocycles. The Morgan fingerprint density at radius 1 is 0.359 bits per heavy atom. The minimum absolute atomic E-state index is 0.0546. The second kappa shape index (κ2) is 14.9. The SMILES string of the molecule is CC(C)(C)c1cc(-c2cc3c4c(c2)Oc2cc(N(c5ccccc5)c5ccccc5)ccc2B4c2ccccc2O3)cc(-c2c3ccccc3c(-c3ccccc3)c3ccccc23)c1. The number of rotatable bonds is 6. The molecule has 0 bridgehead atoms. The Kier molecular flexibility index (Phi) is 8.84. The van der Waals surface area contributed by atoms with Crippen molar-refractivity contribution in [2.75, 3.05) is 4.90 Å². The lowest BCUT2D eigenvalue weighted by Gasteiger charge is -2.34. The maximum atomic E-state index is 7.14. The summed E-state index contributed by atoms with van der Waals surface area (Å²) < 4.78 is 14.0. The van der Waals surface area contributed by atoms with Gasteiger partial charge in [-0.3, -0.25) is 0 Å². The number of ether oxygens (including phenoxy) is 2. The van der Waals surface area contributed by atoms with Gasteiger partial charge in [-0.15, -0.1) is 0 Å². The molecule has 3 nitrogen and oxygen atoms in total. The first-order valence-corrected chi connectivity index (χ1v) is 22.2. The van der Waals surface area contributed by atoms with Gasteiger partial charge in [-0.2, -0.15) is 0 Å². The summed E-state index contributed by atoms with van der Waals surface area (Å²) in [4.78, 5) is 2.29. The predicted octanol–water partition coefficient (Wildman–Crippen LogP) is 14.5. The van der Waals surface area contributed by atoms with Crippen LogP contribution in [0.1, 0.15) is 26.3 Å². The minimum atomic E-state index is -0.126. The second-order valence-electron chi connectivity index (χ2n) is 18.0. The summed E-state index contributed by atoms with van der Waals surface area (Å²) in [5, 5.41) is 4.95. The molecule has 0 saturated heterocycles. The van der Waals surface area contributed by atoms with Gasteiger partial charge in [0, 0.05) is 28.6 Å². The fraction of sp³-hybridized carbons (Fsp3) is 0.0667. The van der Waals surface area contributed by atoms with E-state index in [-0.39, 0.29) is 12.1 Å². The normalized spacial score (nSPS) is 12.5. The number of fused-ring (bicyclic) bond motifs is 6. The average molecular weight is 822 g/mol. The van der Waals surface area contributed by atoms with E-state index in [0.29, 0.717) is 0 Å². The van der Waals surface area contributed by atoms with Crippen LogP contribution in [0.5, 0.6) is 23.0 Å². The van der Waals surface area contributed by atoms with Crippen LogP contribution in [-0.4, -0.2) is 6.71 Å². The van der Waals surface area contributed by atoms with Crippen LogP contribution >= 0.6 is 0 Å². The Labute approximate surface area is 374 Å². The maximum Gasteiger partial charge on any atom is 0.260 e. The van der Waals surface area contributed by atoms with Crippen molar-refractivity contribution in [3.63, 3.8) is 0 Å². The van der Waals surface area contributed by atoms with E-state index in [0.717, 1.165) is 67.6 Å². The van der Waals surface area contributed by atoms with Gasteiger partial charge in [0.2, 0.25) is 0 Å². The number of nitrogens with zero attached hydrogens (tertiary/aromatic N) is 1. The van der Waals surface area contributed by atoms with E-state index in [2.05, 4.69) is 238 Å². The highest BCUT2D eigenvalue weighted by atomic mass is 16.5. The van der Waals surface area contributed by atoms with Crippen molar-refractivity contribution in [2.24, 2.45) is 0 Å². The first-order chi connectivity index (χ1) is 31.4. The number of hydrogen-bond acceptors (Lipinski definition) is 3. The molecular weight excluding hydrogens is 777 g/mol. The van der Waals surface area contributed by atoms with E-state index in [1.165, 1.54) is 49.4 Å². The molecule has 10 aromatic carbocycles. The molecule has 0 N–H and O–H groups in total. The molecule has 10 aromatic rings. The molecule has 0 fully saturated rings. The number of hydrogen-bond donors (Lipinski definition) is 0. The van der Waals surface area contributed by atoms with Crippen molar-refractivity contribution in [1.29, 1.82) is 0 Å². The van der Waals surface area contributed by atoms with Crippen molar-refractivity contribution < 1.29 is 9.47 Å². The van der Waals surface area contributed by atoms with Crippen molar-refractivity contribution in [1.82, 2.24) is 0 Å². The van der Waals surface area contributed by atoms with E-state index in [1.807, 2.05) is 0 Å². The van der Waals surface area contributed by atoms with Crippen LogP contribution in [0.2, 0.25) is 0 Å². The Hall–Kier alpha value is -7.82. The molecule has 0 aliphatic carbocycles. The summed E-state index contributed by atoms with van der Waals surface area (Å²) in [6, 6.07) is 76.4. The molecule has 64 heavy (non-hydrogen) atoms. The molecule has 2 aliphatic heterocycles. The van der Waals surface area contributed by atoms with Crippen molar-refractivity contribution in [2.45, 2.75) is 26.2 Å². The van der Waals surface area contributed by atoms with Crippen LogP contribution in [-0.2, 0) is 5.41 Å². The van der Waals surface area contributed by atoms with Gasteiger partial charge in [0.1, 0.15) is 23.0 Å². The molecule has 0 radical (unpaired) electrons. The highest BCUT2D eigenvalue weighted by Gasteiger charge is 2.41. The monoisotopic (exact) mass is 821 g/mol. The zero-order chi connectivity index (χ0) is 42.9. The Bertz CT molecular complexity index is 3330. The van der Waals surface area contributed by atoms with Gasteiger partial charge in [0.25, 0.3) is 6.71 Å². The van der Waals surface area contributed by atoms with E-state index < -0.39 is 0 Å². The minimum Gasteiger partial charge on any atom is -0.458 e. The van der Waals surface area contributed by atoms with Crippen molar-refractivity contribution in [3.05, 3.63) is 218 Å². The standard InChI is InChI=1S/C60H44BNO2/c1-60(2,3)43-34-40(33-42(35-43)58-49-27-15-13-25-47(49)57(39-19-7-4-8-20-39)48-26-14-16-28-50(48)58)41-36-55-59-56(37-41)64-54-38-46(31-32-52(54)61(59)51-29-17-18-30-53(51)63-55)62(44-21-9-5-10-22-44)45-23-11-6-12-24-45/h4-38H,1-3H3. The third kappa shape index (κ3) is 6.28. The summed E-state index contributed by atoms with van der Waals surface area (Å²) in [5.74, 6) is 3.35. The largest absolute Gasteiger partial charge is 0.458 e. The molecule has 4 heteroatoms. The Morgan fingerprint density at radius 3 is 1.42 bits per heavy atom. The Morgan fingerprint density at radius 2 is 0.828 bits per heavy atom. The highest BCUT2D eigenvalue weighted by Crippen LogP contribution is 2.47. The Balaban J connectivity index is 1.06. The van der Waals surface area contributed by atoms with Crippen molar-refractivity contribution in [3.8, 4) is 56.4 Å². The first-order valence-electron chi connectivity index (χ1n) is 22.2. The zero-order valence-corrected chi connectivity index (χ0v) is 36.0. The van der Waals surface area contributed by atoms with Gasteiger partial charge < -0.3 is 14.4 Å². The molecule has 0 saturated carbocycles. The summed E-state index contributed by atoms with van der Waals surface area (Å²) in [7, 11) is 0. The fourth-order valence-electron chi connectivity index (χ4n) is 10.1. The van der Waals surface area contributed by atoms with Gasteiger partial charge >= 0.3 is 0 Å². The van der Waals surface area contributed by atoms with Crippen LogP contribution in [0.15, 0.2) is 212 Å². The van der Waals surface area contributed by atoms with Gasteiger partial charge in [-0.25, -0.2) is 0 Å². The third-order valence-electron chi connectivity index (χ3n) is 13.1. The molecule has 0 atom stereocenters. The highest BCUT2D eigenvalue weighted by molar-refractivity contribution is 6.98. The first kappa shape index (κ1) is 37.9. The zero-order valence-electron chi connectivity index (χ0n) is 36.0. The van der Waals surface area contributed by atoms with E-state index in [1.54, 1.807) is 0 Å². The molecule has 0 spiro atoms. The molecule has 2 heterocycles. The number of para-hydroxylation sites is 3. The molecule has 12 rings (SSSR count). The van der Waals surface area contributed by atoms with E-state index in [4.69, 9.17) is 9.47 Å². The molecule has 0 amide bonds. The molecule has 2 aliphatic rings. The lowest BCUT2D eigenvalue weighted by Crippen LogP contribution is -2.57.